The number of urea groups is 1. The Hall–Kier alpha value is -3.23. The summed E-state index contributed by atoms with van der Waals surface area (Å²) >= 11 is 6.04. The highest BCUT2D eigenvalue weighted by Gasteiger charge is 2.70. The van der Waals surface area contributed by atoms with Gasteiger partial charge >= 0.3 is 12.4 Å². The van der Waals surface area contributed by atoms with Crippen molar-refractivity contribution in [1.29, 1.82) is 0 Å². The standard InChI is InChI=1S/C25H20ClF3N2O3/c26-18-10-12-20(13-11-18)31-22(32)30(19-7-2-1-3-8-19)23(14-5-15-23)24(31,33)17-6-4-9-21(16-17)34-25(27,28)29/h1-4,6-13,16,33H,5,14-15H2. The Morgan fingerprint density at radius 1 is 0.882 bits per heavy atom. The van der Waals surface area contributed by atoms with Crippen molar-refractivity contribution in [3.8, 4) is 5.75 Å². The predicted molar refractivity (Wildman–Crippen MR) is 122 cm³/mol. The number of para-hydroxylation sites is 1. The minimum atomic E-state index is -4.90. The normalized spacial score (nSPS) is 21.6. The molecule has 3 aromatic rings. The molecule has 34 heavy (non-hydrogen) atoms. The first-order valence-electron chi connectivity index (χ1n) is 10.7. The SMILES string of the molecule is O=C1N(c2ccccc2)C2(CCC2)C(O)(c2cccc(OC(F)(F)F)c2)N1c1ccc(Cl)cc1. The van der Waals surface area contributed by atoms with Gasteiger partial charge in [0.25, 0.3) is 0 Å². The summed E-state index contributed by atoms with van der Waals surface area (Å²) in [5.74, 6) is -0.477. The van der Waals surface area contributed by atoms with Crippen molar-refractivity contribution >= 4 is 29.0 Å². The van der Waals surface area contributed by atoms with Crippen molar-refractivity contribution in [2.24, 2.45) is 0 Å². The number of carbonyl (C=O) groups is 1. The molecule has 1 aliphatic heterocycles. The van der Waals surface area contributed by atoms with Crippen LogP contribution in [0.15, 0.2) is 78.9 Å². The Labute approximate surface area is 198 Å². The molecule has 0 radical (unpaired) electrons. The van der Waals surface area contributed by atoms with E-state index in [2.05, 4.69) is 4.74 Å². The lowest BCUT2D eigenvalue weighted by molar-refractivity contribution is -0.274. The highest BCUT2D eigenvalue weighted by Crippen LogP contribution is 2.59. The number of ether oxygens (including phenoxy) is 1. The zero-order valence-corrected chi connectivity index (χ0v) is 18.6. The number of carbonyl (C=O) groups excluding carboxylic acids is 1. The van der Waals surface area contributed by atoms with Gasteiger partial charge in [0.1, 0.15) is 11.3 Å². The van der Waals surface area contributed by atoms with Crippen molar-refractivity contribution in [3.05, 3.63) is 89.4 Å². The zero-order chi connectivity index (χ0) is 24.1. The van der Waals surface area contributed by atoms with E-state index < -0.39 is 29.4 Å². The van der Waals surface area contributed by atoms with Crippen molar-refractivity contribution in [2.45, 2.75) is 36.9 Å². The van der Waals surface area contributed by atoms with Gasteiger partial charge in [0, 0.05) is 22.0 Å². The molecule has 1 aliphatic carbocycles. The van der Waals surface area contributed by atoms with Gasteiger partial charge in [-0.1, -0.05) is 41.9 Å². The molecule has 2 aliphatic rings. The zero-order valence-electron chi connectivity index (χ0n) is 17.8. The van der Waals surface area contributed by atoms with Gasteiger partial charge in [0.2, 0.25) is 0 Å². The van der Waals surface area contributed by atoms with Crippen LogP contribution in [0.25, 0.3) is 0 Å². The molecule has 1 atom stereocenters. The molecule has 1 saturated carbocycles. The lowest BCUT2D eigenvalue weighted by atomic mass is 9.66. The molecule has 2 fully saturated rings. The fourth-order valence-corrected chi connectivity index (χ4v) is 5.13. The monoisotopic (exact) mass is 488 g/mol. The van der Waals surface area contributed by atoms with E-state index in [9.17, 15) is 23.1 Å². The summed E-state index contributed by atoms with van der Waals surface area (Å²) in [5, 5.41) is 12.9. The number of hydrogen-bond acceptors (Lipinski definition) is 3. The molecular formula is C25H20ClF3N2O3. The topological polar surface area (TPSA) is 53.0 Å². The molecule has 1 spiro atoms. The number of halogens is 4. The summed E-state index contributed by atoms with van der Waals surface area (Å²) in [6, 6.07) is 20.0. The summed E-state index contributed by atoms with van der Waals surface area (Å²) in [7, 11) is 0. The number of amides is 2. The van der Waals surface area contributed by atoms with E-state index in [4.69, 9.17) is 11.6 Å². The van der Waals surface area contributed by atoms with Gasteiger partial charge in [0.05, 0.1) is 0 Å². The largest absolute Gasteiger partial charge is 0.573 e. The van der Waals surface area contributed by atoms with E-state index in [-0.39, 0.29) is 5.56 Å². The highest BCUT2D eigenvalue weighted by molar-refractivity contribution is 6.30. The van der Waals surface area contributed by atoms with Crippen LogP contribution in [0, 0.1) is 0 Å². The van der Waals surface area contributed by atoms with E-state index in [0.717, 1.165) is 18.6 Å². The highest BCUT2D eigenvalue weighted by atomic mass is 35.5. The number of anilines is 2. The van der Waals surface area contributed by atoms with Crippen LogP contribution in [-0.4, -0.2) is 23.0 Å². The number of nitrogens with zero attached hydrogens (tertiary/aromatic N) is 2. The van der Waals surface area contributed by atoms with Crippen LogP contribution >= 0.6 is 11.6 Å². The van der Waals surface area contributed by atoms with Gasteiger partial charge in [-0.05, 0) is 67.8 Å². The van der Waals surface area contributed by atoms with Crippen LogP contribution in [0.5, 0.6) is 5.75 Å². The first-order chi connectivity index (χ1) is 16.2. The molecule has 2 amide bonds. The quantitative estimate of drug-likeness (QED) is 0.459. The molecule has 3 aromatic carbocycles. The molecule has 9 heteroatoms. The summed E-state index contributed by atoms with van der Waals surface area (Å²) in [4.78, 5) is 16.7. The fraction of sp³-hybridized carbons (Fsp3) is 0.240. The van der Waals surface area contributed by atoms with Crippen LogP contribution < -0.4 is 14.5 Å². The summed E-state index contributed by atoms with van der Waals surface area (Å²) in [6.45, 7) is 0. The molecule has 5 rings (SSSR count). The van der Waals surface area contributed by atoms with Gasteiger partial charge in [-0.3, -0.25) is 9.80 Å². The molecule has 1 saturated heterocycles. The van der Waals surface area contributed by atoms with E-state index in [1.54, 1.807) is 53.4 Å². The minimum absolute atomic E-state index is 0.121. The molecule has 1 unspecified atom stereocenters. The summed E-state index contributed by atoms with van der Waals surface area (Å²) < 4.78 is 42.9. The van der Waals surface area contributed by atoms with E-state index >= 15 is 0 Å². The second-order valence-corrected chi connectivity index (χ2v) is 8.83. The Balaban J connectivity index is 1.72. The van der Waals surface area contributed by atoms with Gasteiger partial charge in [0.15, 0.2) is 5.72 Å². The second kappa shape index (κ2) is 7.92. The van der Waals surface area contributed by atoms with Crippen molar-refractivity contribution in [2.75, 3.05) is 9.80 Å². The van der Waals surface area contributed by atoms with Crippen LogP contribution in [-0.2, 0) is 5.72 Å². The van der Waals surface area contributed by atoms with Crippen molar-refractivity contribution < 1.29 is 27.8 Å². The first-order valence-corrected chi connectivity index (χ1v) is 11.1. The maximum atomic E-state index is 14.0. The van der Waals surface area contributed by atoms with Crippen molar-refractivity contribution in [1.82, 2.24) is 0 Å². The van der Waals surface area contributed by atoms with Gasteiger partial charge in [-0.2, -0.15) is 0 Å². The smallest absolute Gasteiger partial charge is 0.406 e. The number of benzene rings is 3. The average molecular weight is 489 g/mol. The number of alkyl halides is 3. The predicted octanol–water partition coefficient (Wildman–Crippen LogP) is 6.45. The fourth-order valence-electron chi connectivity index (χ4n) is 5.00. The third-order valence-corrected chi connectivity index (χ3v) is 6.79. The van der Waals surface area contributed by atoms with Crippen LogP contribution in [0.2, 0.25) is 5.02 Å². The third-order valence-electron chi connectivity index (χ3n) is 6.53. The Morgan fingerprint density at radius 3 is 2.12 bits per heavy atom. The Kier molecular flexibility index (Phi) is 5.26. The molecule has 0 aromatic heterocycles. The Bertz CT molecular complexity index is 1220. The number of rotatable bonds is 4. The first kappa shape index (κ1) is 22.6. The van der Waals surface area contributed by atoms with Gasteiger partial charge in [-0.15, -0.1) is 13.2 Å². The number of aliphatic hydroxyl groups is 1. The molecule has 176 valence electrons. The van der Waals surface area contributed by atoms with Crippen LogP contribution in [0.4, 0.5) is 29.3 Å². The molecule has 1 N–H and O–H groups in total. The lowest BCUT2D eigenvalue weighted by Crippen LogP contribution is -2.63. The maximum absolute atomic E-state index is 14.0. The lowest BCUT2D eigenvalue weighted by Gasteiger charge is -2.52. The van der Waals surface area contributed by atoms with Gasteiger partial charge in [-0.25, -0.2) is 4.79 Å². The number of hydrogen-bond donors (Lipinski definition) is 1. The van der Waals surface area contributed by atoms with E-state index in [1.165, 1.54) is 17.0 Å². The molecule has 5 nitrogen and oxygen atoms in total. The average Bonchev–Trinajstić information content (AvgIpc) is 2.99. The molecular weight excluding hydrogens is 469 g/mol. The molecule has 1 heterocycles. The maximum Gasteiger partial charge on any atom is 0.573 e. The van der Waals surface area contributed by atoms with E-state index in [1.807, 2.05) is 6.07 Å². The Morgan fingerprint density at radius 2 is 1.53 bits per heavy atom. The molecule has 0 bridgehead atoms. The minimum Gasteiger partial charge on any atom is -0.406 e. The second-order valence-electron chi connectivity index (χ2n) is 8.40. The van der Waals surface area contributed by atoms with Crippen LogP contribution in [0.1, 0.15) is 24.8 Å². The third kappa shape index (κ3) is 3.40. The van der Waals surface area contributed by atoms with Crippen molar-refractivity contribution in [3.63, 3.8) is 0 Å². The summed E-state index contributed by atoms with van der Waals surface area (Å²) in [6.07, 6.45) is -3.24. The van der Waals surface area contributed by atoms with Crippen LogP contribution in [0.3, 0.4) is 0 Å². The van der Waals surface area contributed by atoms with Gasteiger partial charge < -0.3 is 9.84 Å². The summed E-state index contributed by atoms with van der Waals surface area (Å²) in [5.41, 5.74) is -2.00. The van der Waals surface area contributed by atoms with E-state index in [0.29, 0.717) is 29.2 Å².